The molecule has 0 spiro atoms. The second-order valence-corrected chi connectivity index (χ2v) is 7.01. The lowest BCUT2D eigenvalue weighted by Gasteiger charge is -2.27. The number of thiol groups is 1. The zero-order valence-corrected chi connectivity index (χ0v) is 12.5. The molecule has 0 aliphatic rings. The van der Waals surface area contributed by atoms with Crippen LogP contribution in [-0.4, -0.2) is 33.8 Å². The van der Waals surface area contributed by atoms with Crippen molar-refractivity contribution in [2.24, 2.45) is 5.73 Å². The fourth-order valence-electron chi connectivity index (χ4n) is 1.53. The molecule has 0 aromatic carbocycles. The van der Waals surface area contributed by atoms with E-state index in [1.165, 1.54) is 11.3 Å². The third-order valence-corrected chi connectivity index (χ3v) is 3.73. The van der Waals surface area contributed by atoms with Gasteiger partial charge in [0.1, 0.15) is 6.04 Å². The van der Waals surface area contributed by atoms with E-state index in [-0.39, 0.29) is 0 Å². The number of nitrogens with two attached hydrogens (primary N) is 1. The van der Waals surface area contributed by atoms with Crippen LogP contribution in [0, 0.1) is 0 Å². The van der Waals surface area contributed by atoms with Crippen LogP contribution in [0.4, 0.5) is 0 Å². The monoisotopic (exact) mass is 302 g/mol. The van der Waals surface area contributed by atoms with Crippen molar-refractivity contribution in [1.29, 1.82) is 0 Å². The first-order valence-corrected chi connectivity index (χ1v) is 7.08. The van der Waals surface area contributed by atoms with Gasteiger partial charge in [0.25, 0.3) is 0 Å². The number of carboxylic acids is 1. The van der Waals surface area contributed by atoms with Gasteiger partial charge in [-0.15, -0.1) is 11.3 Å². The zero-order chi connectivity index (χ0) is 14.6. The first kappa shape index (κ1) is 16.0. The third kappa shape index (κ3) is 4.85. The molecule has 0 fully saturated rings. The van der Waals surface area contributed by atoms with Gasteiger partial charge in [-0.1, -0.05) is 6.07 Å². The van der Waals surface area contributed by atoms with Gasteiger partial charge in [-0.05, 0) is 25.3 Å². The van der Waals surface area contributed by atoms with Crippen LogP contribution in [0.2, 0.25) is 0 Å². The van der Waals surface area contributed by atoms with Crippen molar-refractivity contribution in [3.63, 3.8) is 0 Å². The van der Waals surface area contributed by atoms with Gasteiger partial charge >= 0.3 is 5.97 Å². The molecule has 106 valence electrons. The summed E-state index contributed by atoms with van der Waals surface area (Å²) in [7, 11) is 0. The highest BCUT2D eigenvalue weighted by atomic mass is 32.1. The van der Waals surface area contributed by atoms with E-state index in [2.05, 4.69) is 17.9 Å². The molecule has 7 heteroatoms. The van der Waals surface area contributed by atoms with Gasteiger partial charge in [-0.25, -0.2) is 4.79 Å². The van der Waals surface area contributed by atoms with Crippen molar-refractivity contribution in [3.05, 3.63) is 22.4 Å². The summed E-state index contributed by atoms with van der Waals surface area (Å²) in [6.07, 6.45) is 0.392. The van der Waals surface area contributed by atoms with Gasteiger partial charge < -0.3 is 16.2 Å². The Balaban J connectivity index is 2.64. The number of thiophene rings is 1. The van der Waals surface area contributed by atoms with Crippen LogP contribution in [0.5, 0.6) is 0 Å². The molecule has 1 rings (SSSR count). The number of aliphatic carboxylic acids is 1. The number of carbonyl (C=O) groups excluding carboxylic acids is 1. The summed E-state index contributed by atoms with van der Waals surface area (Å²) in [5.74, 6) is -1.61. The quantitative estimate of drug-likeness (QED) is 0.587. The average molecular weight is 302 g/mol. The lowest BCUT2D eigenvalue weighted by Crippen LogP contribution is -2.55. The number of carbonyl (C=O) groups is 2. The second-order valence-electron chi connectivity index (χ2n) is 4.82. The standard InChI is InChI=1S/C12H18N2O3S2/c1-12(2,18)9(11(16)17)14-10(15)8(13)6-7-4-3-5-19-7/h3-5,8-9,18H,6,13H2,1-2H3,(H,14,15)(H,16,17)/t8-,9-/m0/s1. The molecule has 5 nitrogen and oxygen atoms in total. The number of hydrogen-bond acceptors (Lipinski definition) is 5. The summed E-state index contributed by atoms with van der Waals surface area (Å²) in [5, 5.41) is 13.4. The number of hydrogen-bond donors (Lipinski definition) is 4. The molecule has 0 bridgehead atoms. The number of nitrogens with one attached hydrogen (secondary N) is 1. The zero-order valence-electron chi connectivity index (χ0n) is 10.8. The van der Waals surface area contributed by atoms with Gasteiger partial charge in [0.2, 0.25) is 5.91 Å². The summed E-state index contributed by atoms with van der Waals surface area (Å²) in [6.45, 7) is 3.25. The third-order valence-electron chi connectivity index (χ3n) is 2.58. The van der Waals surface area contributed by atoms with E-state index in [0.29, 0.717) is 6.42 Å². The molecule has 1 heterocycles. The van der Waals surface area contributed by atoms with E-state index in [1.807, 2.05) is 17.5 Å². The molecule has 0 unspecified atom stereocenters. The Bertz CT molecular complexity index is 440. The van der Waals surface area contributed by atoms with Crippen LogP contribution in [-0.2, 0) is 16.0 Å². The highest BCUT2D eigenvalue weighted by Gasteiger charge is 2.34. The van der Waals surface area contributed by atoms with E-state index < -0.39 is 28.7 Å². The highest BCUT2D eigenvalue weighted by Crippen LogP contribution is 2.18. The molecule has 1 amide bonds. The Labute approximate surface area is 121 Å². The first-order valence-electron chi connectivity index (χ1n) is 5.75. The molecular weight excluding hydrogens is 284 g/mol. The van der Waals surface area contributed by atoms with Crippen molar-refractivity contribution in [2.45, 2.75) is 37.1 Å². The molecule has 0 saturated carbocycles. The smallest absolute Gasteiger partial charge is 0.327 e. The maximum Gasteiger partial charge on any atom is 0.327 e. The molecule has 0 saturated heterocycles. The Hall–Kier alpha value is -1.05. The lowest BCUT2D eigenvalue weighted by atomic mass is 10.0. The van der Waals surface area contributed by atoms with Crippen molar-refractivity contribution < 1.29 is 14.7 Å². The summed E-state index contributed by atoms with van der Waals surface area (Å²) >= 11 is 5.69. The molecular formula is C12H18N2O3S2. The molecule has 1 aromatic rings. The SMILES string of the molecule is CC(C)(S)[C@@H](NC(=O)[C@@H](N)Cc1cccs1)C(=O)O. The van der Waals surface area contributed by atoms with E-state index in [0.717, 1.165) is 4.88 Å². The van der Waals surface area contributed by atoms with E-state index in [4.69, 9.17) is 10.8 Å². The summed E-state index contributed by atoms with van der Waals surface area (Å²) in [4.78, 5) is 24.0. The molecule has 0 radical (unpaired) electrons. The molecule has 0 aliphatic heterocycles. The predicted octanol–water partition coefficient (Wildman–Crippen LogP) is 0.896. The largest absolute Gasteiger partial charge is 0.480 e. The number of rotatable bonds is 6. The van der Waals surface area contributed by atoms with E-state index in [9.17, 15) is 9.59 Å². The summed E-state index contributed by atoms with van der Waals surface area (Å²) < 4.78 is -0.871. The minimum absolute atomic E-state index is 0.392. The number of carboxylic acid groups (broad SMARTS) is 1. The fourth-order valence-corrected chi connectivity index (χ4v) is 2.47. The Kier molecular flexibility index (Phi) is 5.39. The molecule has 4 N–H and O–H groups in total. The lowest BCUT2D eigenvalue weighted by molar-refractivity contribution is -0.142. The van der Waals surface area contributed by atoms with E-state index >= 15 is 0 Å². The van der Waals surface area contributed by atoms with Gasteiger partial charge in [0, 0.05) is 16.0 Å². The Morgan fingerprint density at radius 3 is 2.63 bits per heavy atom. The minimum atomic E-state index is -1.13. The number of amides is 1. The Morgan fingerprint density at radius 2 is 2.21 bits per heavy atom. The molecule has 1 aromatic heterocycles. The topological polar surface area (TPSA) is 92.4 Å². The van der Waals surface area contributed by atoms with Crippen LogP contribution in [0.15, 0.2) is 17.5 Å². The minimum Gasteiger partial charge on any atom is -0.480 e. The average Bonchev–Trinajstić information content (AvgIpc) is 2.75. The summed E-state index contributed by atoms with van der Waals surface area (Å²) in [6, 6.07) is 1.91. The van der Waals surface area contributed by atoms with Crippen LogP contribution in [0.25, 0.3) is 0 Å². The molecule has 0 aliphatic carbocycles. The van der Waals surface area contributed by atoms with Crippen molar-refractivity contribution in [1.82, 2.24) is 5.32 Å². The van der Waals surface area contributed by atoms with Crippen molar-refractivity contribution >= 4 is 35.8 Å². The van der Waals surface area contributed by atoms with Crippen LogP contribution in [0.1, 0.15) is 18.7 Å². The molecule has 19 heavy (non-hydrogen) atoms. The first-order chi connectivity index (χ1) is 8.71. The van der Waals surface area contributed by atoms with Gasteiger partial charge in [-0.3, -0.25) is 4.79 Å². The maximum absolute atomic E-state index is 11.9. The second kappa shape index (κ2) is 6.40. The Morgan fingerprint density at radius 1 is 1.58 bits per heavy atom. The highest BCUT2D eigenvalue weighted by molar-refractivity contribution is 7.81. The normalized spacial score (nSPS) is 14.7. The van der Waals surface area contributed by atoms with Gasteiger partial charge in [0.15, 0.2) is 0 Å². The van der Waals surface area contributed by atoms with Crippen molar-refractivity contribution in [3.8, 4) is 0 Å². The van der Waals surface area contributed by atoms with E-state index in [1.54, 1.807) is 13.8 Å². The van der Waals surface area contributed by atoms with Gasteiger partial charge in [0.05, 0.1) is 6.04 Å². The van der Waals surface area contributed by atoms with Gasteiger partial charge in [-0.2, -0.15) is 12.6 Å². The fraction of sp³-hybridized carbons (Fsp3) is 0.500. The van der Waals surface area contributed by atoms with Crippen LogP contribution < -0.4 is 11.1 Å². The van der Waals surface area contributed by atoms with Crippen LogP contribution >= 0.6 is 24.0 Å². The molecule has 2 atom stereocenters. The summed E-state index contributed by atoms with van der Waals surface area (Å²) in [5.41, 5.74) is 5.78. The predicted molar refractivity (Wildman–Crippen MR) is 78.6 cm³/mol. The van der Waals surface area contributed by atoms with Crippen molar-refractivity contribution in [2.75, 3.05) is 0 Å². The maximum atomic E-state index is 11.9. The van der Waals surface area contributed by atoms with Crippen LogP contribution in [0.3, 0.4) is 0 Å².